The molecular weight excluding hydrogens is 206 g/mol. The van der Waals surface area contributed by atoms with Crippen molar-refractivity contribution in [3.05, 3.63) is 0 Å². The van der Waals surface area contributed by atoms with Crippen LogP contribution in [-0.2, 0) is 9.53 Å². The molecule has 0 radical (unpaired) electrons. The molecule has 1 rings (SSSR count). The fourth-order valence-corrected chi connectivity index (χ4v) is 2.30. The van der Waals surface area contributed by atoms with Crippen molar-refractivity contribution in [2.45, 2.75) is 12.5 Å². The van der Waals surface area contributed by atoms with Gasteiger partial charge in [0.1, 0.15) is 6.04 Å². The molecule has 1 saturated heterocycles. The Balaban J connectivity index is 2.43. The Morgan fingerprint density at radius 2 is 2.38 bits per heavy atom. The van der Waals surface area contributed by atoms with Gasteiger partial charge in [-0.25, -0.2) is 0 Å². The fourth-order valence-electron chi connectivity index (χ4n) is 2.30. The van der Waals surface area contributed by atoms with Crippen molar-refractivity contribution < 1.29 is 9.53 Å². The predicted molar refractivity (Wildman–Crippen MR) is 63.1 cm³/mol. The highest BCUT2D eigenvalue weighted by Crippen LogP contribution is 2.16. The Morgan fingerprint density at radius 3 is 2.81 bits per heavy atom. The Hall–Kier alpha value is -0.650. The molecule has 94 valence electrons. The summed E-state index contributed by atoms with van der Waals surface area (Å²) in [6.45, 7) is 3.46. The van der Waals surface area contributed by atoms with Gasteiger partial charge in [0.25, 0.3) is 0 Å². The SMILES string of the molecule is COC(=O)C(CN)N(C)CC1CCN(C)C1. The molecule has 0 amide bonds. The standard InChI is InChI=1S/C11H23N3O2/c1-13-5-4-9(7-13)8-14(2)10(6-12)11(15)16-3/h9-10H,4-8,12H2,1-3H3. The van der Waals surface area contributed by atoms with Crippen LogP contribution in [0.1, 0.15) is 6.42 Å². The zero-order valence-electron chi connectivity index (χ0n) is 10.5. The summed E-state index contributed by atoms with van der Waals surface area (Å²) in [6, 6.07) is -0.309. The molecule has 5 heteroatoms. The molecule has 1 fully saturated rings. The average molecular weight is 229 g/mol. The van der Waals surface area contributed by atoms with E-state index in [0.29, 0.717) is 12.5 Å². The number of nitrogens with two attached hydrogens (primary N) is 1. The Labute approximate surface area is 97.5 Å². The molecule has 2 unspecified atom stereocenters. The highest BCUT2D eigenvalue weighted by molar-refractivity contribution is 5.75. The van der Waals surface area contributed by atoms with Crippen LogP contribution in [0.4, 0.5) is 0 Å². The van der Waals surface area contributed by atoms with Crippen molar-refractivity contribution in [1.29, 1.82) is 0 Å². The van der Waals surface area contributed by atoms with E-state index < -0.39 is 0 Å². The average Bonchev–Trinajstić information content (AvgIpc) is 2.64. The molecule has 1 aliphatic rings. The molecule has 0 aliphatic carbocycles. The first-order valence-corrected chi connectivity index (χ1v) is 5.75. The largest absolute Gasteiger partial charge is 0.468 e. The number of carbonyl (C=O) groups excluding carboxylic acids is 1. The second kappa shape index (κ2) is 6.18. The molecule has 16 heavy (non-hydrogen) atoms. The zero-order chi connectivity index (χ0) is 12.1. The summed E-state index contributed by atoms with van der Waals surface area (Å²) in [6.07, 6.45) is 1.19. The summed E-state index contributed by atoms with van der Waals surface area (Å²) >= 11 is 0. The molecule has 5 nitrogen and oxygen atoms in total. The maximum Gasteiger partial charge on any atom is 0.324 e. The normalized spacial score (nSPS) is 23.7. The van der Waals surface area contributed by atoms with Gasteiger partial charge in [-0.1, -0.05) is 0 Å². The summed E-state index contributed by atoms with van der Waals surface area (Å²) in [7, 11) is 5.47. The van der Waals surface area contributed by atoms with Gasteiger partial charge in [0.05, 0.1) is 7.11 Å². The first-order chi connectivity index (χ1) is 7.58. The van der Waals surface area contributed by atoms with Crippen LogP contribution in [0, 0.1) is 5.92 Å². The first-order valence-electron chi connectivity index (χ1n) is 5.75. The van der Waals surface area contributed by atoms with E-state index in [-0.39, 0.29) is 12.0 Å². The van der Waals surface area contributed by atoms with Crippen molar-refractivity contribution in [2.75, 3.05) is 47.4 Å². The number of rotatable bonds is 5. The second-order valence-electron chi connectivity index (χ2n) is 4.63. The van der Waals surface area contributed by atoms with Crippen LogP contribution in [-0.4, -0.2) is 69.2 Å². The van der Waals surface area contributed by atoms with E-state index in [2.05, 4.69) is 11.9 Å². The minimum Gasteiger partial charge on any atom is -0.468 e. The first kappa shape index (κ1) is 13.4. The lowest BCUT2D eigenvalue weighted by Gasteiger charge is -2.27. The van der Waals surface area contributed by atoms with Crippen molar-refractivity contribution in [3.63, 3.8) is 0 Å². The molecule has 1 aliphatic heterocycles. The number of ether oxygens (including phenoxy) is 1. The molecule has 0 bridgehead atoms. The van der Waals surface area contributed by atoms with Crippen LogP contribution in [0.25, 0.3) is 0 Å². The predicted octanol–water partition coefficient (Wildman–Crippen LogP) is -0.630. The van der Waals surface area contributed by atoms with Crippen LogP contribution >= 0.6 is 0 Å². The highest BCUT2D eigenvalue weighted by atomic mass is 16.5. The smallest absolute Gasteiger partial charge is 0.324 e. The number of hydrogen-bond acceptors (Lipinski definition) is 5. The van der Waals surface area contributed by atoms with E-state index in [1.54, 1.807) is 0 Å². The fraction of sp³-hybridized carbons (Fsp3) is 0.909. The Morgan fingerprint density at radius 1 is 1.69 bits per heavy atom. The van der Waals surface area contributed by atoms with E-state index >= 15 is 0 Å². The molecule has 1 heterocycles. The molecule has 0 aromatic rings. The number of likely N-dealkylation sites (N-methyl/N-ethyl adjacent to an activating group) is 1. The van der Waals surface area contributed by atoms with Crippen LogP contribution in [0.5, 0.6) is 0 Å². The van der Waals surface area contributed by atoms with Crippen LogP contribution in [0.2, 0.25) is 0 Å². The van der Waals surface area contributed by atoms with Gasteiger partial charge < -0.3 is 15.4 Å². The van der Waals surface area contributed by atoms with E-state index in [4.69, 9.17) is 10.5 Å². The summed E-state index contributed by atoms with van der Waals surface area (Å²) in [5.41, 5.74) is 5.60. The minimum atomic E-state index is -0.309. The summed E-state index contributed by atoms with van der Waals surface area (Å²) in [5, 5.41) is 0. The number of nitrogens with zero attached hydrogens (tertiary/aromatic N) is 2. The van der Waals surface area contributed by atoms with Gasteiger partial charge in [0, 0.05) is 19.6 Å². The minimum absolute atomic E-state index is 0.239. The number of carbonyl (C=O) groups is 1. The highest BCUT2D eigenvalue weighted by Gasteiger charge is 2.27. The van der Waals surface area contributed by atoms with Gasteiger partial charge in [-0.3, -0.25) is 9.69 Å². The lowest BCUT2D eigenvalue weighted by Crippen LogP contribution is -2.46. The topological polar surface area (TPSA) is 58.8 Å². The number of likely N-dealkylation sites (tertiary alicyclic amines) is 1. The lowest BCUT2D eigenvalue weighted by molar-refractivity contribution is -0.146. The van der Waals surface area contributed by atoms with Crippen molar-refractivity contribution >= 4 is 5.97 Å². The van der Waals surface area contributed by atoms with Gasteiger partial charge in [-0.2, -0.15) is 0 Å². The van der Waals surface area contributed by atoms with Crippen molar-refractivity contribution in [1.82, 2.24) is 9.80 Å². The monoisotopic (exact) mass is 229 g/mol. The quantitative estimate of drug-likeness (QED) is 0.636. The molecular formula is C11H23N3O2. The van der Waals surface area contributed by atoms with Gasteiger partial charge in [0.2, 0.25) is 0 Å². The maximum atomic E-state index is 11.5. The zero-order valence-corrected chi connectivity index (χ0v) is 10.5. The third-order valence-corrected chi connectivity index (χ3v) is 3.26. The van der Waals surface area contributed by atoms with Gasteiger partial charge in [-0.05, 0) is 33.0 Å². The summed E-state index contributed by atoms with van der Waals surface area (Å²) < 4.78 is 4.74. The van der Waals surface area contributed by atoms with E-state index in [0.717, 1.165) is 19.6 Å². The molecule has 0 spiro atoms. The number of methoxy groups -OCH3 is 1. The number of hydrogen-bond donors (Lipinski definition) is 1. The van der Waals surface area contributed by atoms with E-state index in [9.17, 15) is 4.79 Å². The van der Waals surface area contributed by atoms with Crippen molar-refractivity contribution in [2.24, 2.45) is 11.7 Å². The van der Waals surface area contributed by atoms with Gasteiger partial charge in [0.15, 0.2) is 0 Å². The van der Waals surface area contributed by atoms with E-state index in [1.165, 1.54) is 13.5 Å². The third kappa shape index (κ3) is 3.43. The van der Waals surface area contributed by atoms with Crippen LogP contribution in [0.3, 0.4) is 0 Å². The number of esters is 1. The third-order valence-electron chi connectivity index (χ3n) is 3.26. The molecule has 2 N–H and O–H groups in total. The Bertz CT molecular complexity index is 235. The molecule has 2 atom stereocenters. The Kier molecular flexibility index (Phi) is 5.18. The van der Waals surface area contributed by atoms with E-state index in [1.807, 2.05) is 11.9 Å². The molecule has 0 aromatic carbocycles. The van der Waals surface area contributed by atoms with Crippen molar-refractivity contribution in [3.8, 4) is 0 Å². The summed E-state index contributed by atoms with van der Waals surface area (Å²) in [5.74, 6) is 0.394. The van der Waals surface area contributed by atoms with Gasteiger partial charge in [-0.15, -0.1) is 0 Å². The second-order valence-corrected chi connectivity index (χ2v) is 4.63. The molecule has 0 aromatic heterocycles. The van der Waals surface area contributed by atoms with Gasteiger partial charge >= 0.3 is 5.97 Å². The van der Waals surface area contributed by atoms with Crippen LogP contribution in [0.15, 0.2) is 0 Å². The maximum absolute atomic E-state index is 11.5. The van der Waals surface area contributed by atoms with Crippen LogP contribution < -0.4 is 5.73 Å². The lowest BCUT2D eigenvalue weighted by atomic mass is 10.1. The summed E-state index contributed by atoms with van der Waals surface area (Å²) in [4.78, 5) is 15.8. The molecule has 0 saturated carbocycles.